The van der Waals surface area contributed by atoms with Gasteiger partial charge in [0.2, 0.25) is 0 Å². The Morgan fingerprint density at radius 2 is 2.08 bits per heavy atom. The van der Waals surface area contributed by atoms with E-state index in [0.717, 1.165) is 27.7 Å². The second-order valence-electron chi connectivity index (χ2n) is 5.95. The van der Waals surface area contributed by atoms with Crippen LogP contribution in [0.25, 0.3) is 27.5 Å². The Kier molecular flexibility index (Phi) is 3.96. The van der Waals surface area contributed by atoms with Gasteiger partial charge in [0.15, 0.2) is 5.82 Å². The van der Waals surface area contributed by atoms with E-state index in [1.54, 1.807) is 4.52 Å². The lowest BCUT2D eigenvalue weighted by molar-refractivity contribution is -0.140. The monoisotopic (exact) mass is 347 g/mol. The quantitative estimate of drug-likeness (QED) is 0.570. The maximum atomic E-state index is 11.5. The summed E-state index contributed by atoms with van der Waals surface area (Å²) >= 11 is 0. The summed E-state index contributed by atoms with van der Waals surface area (Å²) in [5, 5.41) is 5.35. The van der Waals surface area contributed by atoms with Crippen molar-refractivity contribution in [1.82, 2.24) is 19.6 Å². The third-order valence-electron chi connectivity index (χ3n) is 4.37. The van der Waals surface area contributed by atoms with Crippen molar-refractivity contribution in [3.8, 4) is 11.1 Å². The van der Waals surface area contributed by atoms with Crippen LogP contribution in [0.1, 0.15) is 12.1 Å². The topological polar surface area (TPSA) is 95.4 Å². The molecule has 7 nitrogen and oxygen atoms in total. The van der Waals surface area contributed by atoms with Gasteiger partial charge < -0.3 is 10.5 Å². The molecule has 3 heterocycles. The van der Waals surface area contributed by atoms with Crippen molar-refractivity contribution in [2.45, 2.75) is 12.8 Å². The standard InChI is InChI=1S/C19H17N5O2/c1-26-17(25)7-6-14-9-15(18-19(20)22-11-23-24(14)18)13-8-12-4-2-3-5-16(12)21-10-13/h2-5,8-11H,6-7H2,1H3,(H2,20,22,23). The van der Waals surface area contributed by atoms with Crippen LogP contribution in [0, 0.1) is 0 Å². The van der Waals surface area contributed by atoms with Gasteiger partial charge in [-0.3, -0.25) is 9.78 Å². The van der Waals surface area contributed by atoms with E-state index in [1.807, 2.05) is 36.5 Å². The van der Waals surface area contributed by atoms with Crippen molar-refractivity contribution in [2.75, 3.05) is 12.8 Å². The molecule has 0 radical (unpaired) electrons. The summed E-state index contributed by atoms with van der Waals surface area (Å²) in [6, 6.07) is 12.0. The number of nitrogens with two attached hydrogens (primary N) is 1. The molecular formula is C19H17N5O2. The van der Waals surface area contributed by atoms with Crippen LogP contribution in [0.2, 0.25) is 0 Å². The molecule has 0 fully saturated rings. The number of carbonyl (C=O) groups excluding carboxylic acids is 1. The number of fused-ring (bicyclic) bond motifs is 2. The number of methoxy groups -OCH3 is 1. The minimum Gasteiger partial charge on any atom is -0.469 e. The molecule has 4 aromatic rings. The Morgan fingerprint density at radius 3 is 2.92 bits per heavy atom. The number of nitrogen functional groups attached to an aromatic ring is 1. The molecule has 0 saturated carbocycles. The van der Waals surface area contributed by atoms with E-state index in [9.17, 15) is 4.79 Å². The van der Waals surface area contributed by atoms with Gasteiger partial charge in [-0.1, -0.05) is 18.2 Å². The smallest absolute Gasteiger partial charge is 0.305 e. The van der Waals surface area contributed by atoms with Gasteiger partial charge in [-0.25, -0.2) is 9.50 Å². The fraction of sp³-hybridized carbons (Fsp3) is 0.158. The zero-order valence-corrected chi connectivity index (χ0v) is 14.2. The largest absolute Gasteiger partial charge is 0.469 e. The predicted octanol–water partition coefficient (Wildman–Crippen LogP) is 2.63. The van der Waals surface area contributed by atoms with Crippen LogP contribution in [-0.2, 0) is 16.0 Å². The van der Waals surface area contributed by atoms with Crippen molar-refractivity contribution >= 4 is 28.2 Å². The van der Waals surface area contributed by atoms with E-state index in [1.165, 1.54) is 13.4 Å². The lowest BCUT2D eigenvalue weighted by Gasteiger charge is -2.04. The fourth-order valence-corrected chi connectivity index (χ4v) is 3.08. The molecule has 2 N–H and O–H groups in total. The lowest BCUT2D eigenvalue weighted by Crippen LogP contribution is -2.06. The fourth-order valence-electron chi connectivity index (χ4n) is 3.08. The van der Waals surface area contributed by atoms with E-state index < -0.39 is 0 Å². The van der Waals surface area contributed by atoms with Crippen LogP contribution >= 0.6 is 0 Å². The maximum Gasteiger partial charge on any atom is 0.305 e. The zero-order valence-electron chi connectivity index (χ0n) is 14.2. The van der Waals surface area contributed by atoms with Crippen LogP contribution in [0.15, 0.2) is 48.9 Å². The molecule has 0 amide bonds. The number of para-hydroxylation sites is 1. The van der Waals surface area contributed by atoms with Gasteiger partial charge in [0.1, 0.15) is 11.8 Å². The van der Waals surface area contributed by atoms with Crippen molar-refractivity contribution in [3.63, 3.8) is 0 Å². The highest BCUT2D eigenvalue weighted by molar-refractivity contribution is 5.92. The second kappa shape index (κ2) is 6.44. The molecule has 0 spiro atoms. The molecule has 0 atom stereocenters. The summed E-state index contributed by atoms with van der Waals surface area (Å²) in [5.74, 6) is 0.114. The number of aromatic nitrogens is 4. The average Bonchev–Trinajstić information content (AvgIpc) is 3.06. The molecule has 0 unspecified atom stereocenters. The Morgan fingerprint density at radius 1 is 1.23 bits per heavy atom. The normalized spacial score (nSPS) is 11.1. The highest BCUT2D eigenvalue weighted by Crippen LogP contribution is 2.31. The first-order valence-electron chi connectivity index (χ1n) is 8.20. The highest BCUT2D eigenvalue weighted by Gasteiger charge is 2.16. The van der Waals surface area contributed by atoms with E-state index in [4.69, 9.17) is 10.5 Å². The van der Waals surface area contributed by atoms with Gasteiger partial charge in [-0.2, -0.15) is 5.10 Å². The molecule has 3 aromatic heterocycles. The first kappa shape index (κ1) is 16.0. The van der Waals surface area contributed by atoms with Crippen LogP contribution < -0.4 is 5.73 Å². The molecule has 4 rings (SSSR count). The SMILES string of the molecule is COC(=O)CCc1cc(-c2cnc3ccccc3c2)c2c(N)ncnn12. The minimum absolute atomic E-state index is 0.266. The number of carbonyl (C=O) groups is 1. The zero-order chi connectivity index (χ0) is 18.1. The van der Waals surface area contributed by atoms with Crippen molar-refractivity contribution < 1.29 is 9.53 Å². The molecule has 0 bridgehead atoms. The Balaban J connectivity index is 1.86. The maximum absolute atomic E-state index is 11.5. The molecule has 1 aromatic carbocycles. The number of nitrogens with zero attached hydrogens (tertiary/aromatic N) is 4. The number of esters is 1. The first-order valence-corrected chi connectivity index (χ1v) is 8.20. The van der Waals surface area contributed by atoms with Crippen LogP contribution in [-0.4, -0.2) is 32.7 Å². The van der Waals surface area contributed by atoms with Crippen LogP contribution in [0.3, 0.4) is 0 Å². The lowest BCUT2D eigenvalue weighted by atomic mass is 10.1. The summed E-state index contributed by atoms with van der Waals surface area (Å²) in [5.41, 5.74) is 10.4. The Bertz CT molecular complexity index is 1120. The van der Waals surface area contributed by atoms with Crippen LogP contribution in [0.4, 0.5) is 5.82 Å². The average molecular weight is 347 g/mol. The van der Waals surface area contributed by atoms with E-state index in [-0.39, 0.29) is 12.4 Å². The van der Waals surface area contributed by atoms with Gasteiger partial charge in [0.25, 0.3) is 0 Å². The molecule has 0 aliphatic heterocycles. The van der Waals surface area contributed by atoms with Gasteiger partial charge >= 0.3 is 5.97 Å². The summed E-state index contributed by atoms with van der Waals surface area (Å²) in [7, 11) is 1.38. The minimum atomic E-state index is -0.268. The number of hydrogen-bond donors (Lipinski definition) is 1. The summed E-state index contributed by atoms with van der Waals surface area (Å²) in [6.45, 7) is 0. The molecule has 7 heteroatoms. The van der Waals surface area contributed by atoms with Gasteiger partial charge in [-0.05, 0) is 18.2 Å². The summed E-state index contributed by atoms with van der Waals surface area (Å²) in [4.78, 5) is 20.2. The molecular weight excluding hydrogens is 330 g/mol. The third-order valence-corrected chi connectivity index (χ3v) is 4.37. The van der Waals surface area contributed by atoms with Gasteiger partial charge in [0.05, 0.1) is 19.0 Å². The Labute approximate surface area is 149 Å². The summed E-state index contributed by atoms with van der Waals surface area (Å²) in [6.07, 6.45) is 3.98. The molecule has 130 valence electrons. The molecule has 0 aliphatic rings. The van der Waals surface area contributed by atoms with Crippen LogP contribution in [0.5, 0.6) is 0 Å². The van der Waals surface area contributed by atoms with Gasteiger partial charge in [-0.15, -0.1) is 0 Å². The van der Waals surface area contributed by atoms with Crippen molar-refractivity contribution in [2.24, 2.45) is 0 Å². The molecule has 0 aliphatic carbocycles. The first-order chi connectivity index (χ1) is 12.7. The predicted molar refractivity (Wildman–Crippen MR) is 98.5 cm³/mol. The number of benzene rings is 1. The van der Waals surface area contributed by atoms with Crippen molar-refractivity contribution in [3.05, 3.63) is 54.6 Å². The van der Waals surface area contributed by atoms with E-state index in [0.29, 0.717) is 17.8 Å². The summed E-state index contributed by atoms with van der Waals surface area (Å²) < 4.78 is 6.46. The number of rotatable bonds is 4. The highest BCUT2D eigenvalue weighted by atomic mass is 16.5. The van der Waals surface area contributed by atoms with Gasteiger partial charge in [0, 0.05) is 34.8 Å². The van der Waals surface area contributed by atoms with E-state index in [2.05, 4.69) is 21.1 Å². The van der Waals surface area contributed by atoms with E-state index >= 15 is 0 Å². The number of pyridine rings is 1. The molecule has 26 heavy (non-hydrogen) atoms. The number of aryl methyl sites for hydroxylation is 1. The number of hydrogen-bond acceptors (Lipinski definition) is 6. The Hall–Kier alpha value is -3.48. The third kappa shape index (κ3) is 2.73. The number of ether oxygens (including phenoxy) is 1. The second-order valence-corrected chi connectivity index (χ2v) is 5.95. The number of anilines is 1. The molecule has 0 saturated heterocycles. The van der Waals surface area contributed by atoms with Crippen molar-refractivity contribution in [1.29, 1.82) is 0 Å².